The van der Waals surface area contributed by atoms with Crippen LogP contribution in [0.25, 0.3) is 0 Å². The van der Waals surface area contributed by atoms with Gasteiger partial charge in [-0.2, -0.15) is 0 Å². The van der Waals surface area contributed by atoms with E-state index in [9.17, 15) is 15.0 Å². The van der Waals surface area contributed by atoms with Crippen LogP contribution in [0, 0.1) is 5.41 Å². The molecule has 1 amide bonds. The molecule has 1 aliphatic heterocycles. The number of rotatable bonds is 1. The molecular weight excluding hydrogens is 242 g/mol. The molecule has 1 unspecified atom stereocenters. The van der Waals surface area contributed by atoms with Crippen molar-refractivity contribution in [3.05, 3.63) is 35.9 Å². The zero-order valence-electron chi connectivity index (χ0n) is 11.6. The van der Waals surface area contributed by atoms with E-state index in [0.29, 0.717) is 6.54 Å². The summed E-state index contributed by atoms with van der Waals surface area (Å²) in [5.74, 6) is -0.151. The van der Waals surface area contributed by atoms with Gasteiger partial charge in [0.05, 0.1) is 12.1 Å². The topological polar surface area (TPSA) is 60.8 Å². The fourth-order valence-electron chi connectivity index (χ4n) is 3.02. The lowest BCUT2D eigenvalue weighted by Crippen LogP contribution is -2.47. The third kappa shape index (κ3) is 2.59. The van der Waals surface area contributed by atoms with Gasteiger partial charge in [-0.25, -0.2) is 4.79 Å². The predicted octanol–water partition coefficient (Wildman–Crippen LogP) is 2.54. The maximum Gasteiger partial charge on any atom is 0.407 e. The number of hydrogen-bond donors (Lipinski definition) is 2. The molecule has 2 N–H and O–H groups in total. The molecule has 1 aromatic rings. The molecule has 104 valence electrons. The summed E-state index contributed by atoms with van der Waals surface area (Å²) in [7, 11) is 0. The van der Waals surface area contributed by atoms with Gasteiger partial charge in [-0.05, 0) is 11.0 Å². The van der Waals surface area contributed by atoms with E-state index < -0.39 is 12.2 Å². The van der Waals surface area contributed by atoms with E-state index in [1.165, 1.54) is 4.90 Å². The Morgan fingerprint density at radius 2 is 1.84 bits per heavy atom. The molecule has 3 atom stereocenters. The maximum absolute atomic E-state index is 11.4. The molecule has 19 heavy (non-hydrogen) atoms. The summed E-state index contributed by atoms with van der Waals surface area (Å²) in [5.41, 5.74) is 0.703. The minimum atomic E-state index is -0.961. The third-order valence-corrected chi connectivity index (χ3v) is 3.83. The van der Waals surface area contributed by atoms with Crippen LogP contribution in [0.5, 0.6) is 0 Å². The molecule has 4 nitrogen and oxygen atoms in total. The number of hydrogen-bond acceptors (Lipinski definition) is 2. The van der Waals surface area contributed by atoms with E-state index in [-0.39, 0.29) is 17.4 Å². The zero-order chi connectivity index (χ0) is 14.2. The average Bonchev–Trinajstić information content (AvgIpc) is 2.68. The first-order chi connectivity index (χ1) is 8.82. The van der Waals surface area contributed by atoms with E-state index in [0.717, 1.165) is 5.56 Å². The van der Waals surface area contributed by atoms with Gasteiger partial charge in [-0.15, -0.1) is 0 Å². The van der Waals surface area contributed by atoms with Crippen LogP contribution >= 0.6 is 0 Å². The Balaban J connectivity index is 2.34. The Kier molecular flexibility index (Phi) is 3.54. The minimum Gasteiger partial charge on any atom is -0.465 e. The van der Waals surface area contributed by atoms with E-state index >= 15 is 0 Å². The highest BCUT2D eigenvalue weighted by Gasteiger charge is 2.48. The number of likely N-dealkylation sites (tertiary alicyclic amines) is 1. The van der Waals surface area contributed by atoms with Crippen molar-refractivity contribution >= 4 is 6.09 Å². The molecule has 1 fully saturated rings. The van der Waals surface area contributed by atoms with Crippen LogP contribution in [-0.2, 0) is 0 Å². The highest BCUT2D eigenvalue weighted by atomic mass is 16.4. The van der Waals surface area contributed by atoms with Gasteiger partial charge in [-0.1, -0.05) is 51.1 Å². The normalized spacial score (nSPS) is 27.6. The first-order valence-electron chi connectivity index (χ1n) is 6.55. The molecule has 2 rings (SSSR count). The van der Waals surface area contributed by atoms with Crippen LogP contribution in [-0.4, -0.2) is 39.9 Å². The predicted molar refractivity (Wildman–Crippen MR) is 73.2 cm³/mol. The summed E-state index contributed by atoms with van der Waals surface area (Å²) in [6.45, 7) is 6.24. The summed E-state index contributed by atoms with van der Waals surface area (Å²) < 4.78 is 0. The van der Waals surface area contributed by atoms with Crippen molar-refractivity contribution in [3.8, 4) is 0 Å². The van der Waals surface area contributed by atoms with Crippen LogP contribution in [0.15, 0.2) is 30.3 Å². The second-order valence-corrected chi connectivity index (χ2v) is 6.25. The van der Waals surface area contributed by atoms with E-state index in [1.54, 1.807) is 0 Å². The molecule has 0 aromatic heterocycles. The Morgan fingerprint density at radius 3 is 2.26 bits per heavy atom. The fourth-order valence-corrected chi connectivity index (χ4v) is 3.02. The largest absolute Gasteiger partial charge is 0.465 e. The number of aliphatic hydroxyl groups excluding tert-OH is 1. The maximum atomic E-state index is 11.4. The summed E-state index contributed by atoms with van der Waals surface area (Å²) in [6, 6.07) is 9.25. The van der Waals surface area contributed by atoms with Crippen LogP contribution < -0.4 is 0 Å². The lowest BCUT2D eigenvalue weighted by Gasteiger charge is -2.35. The molecule has 0 aliphatic carbocycles. The highest BCUT2D eigenvalue weighted by Crippen LogP contribution is 2.40. The lowest BCUT2D eigenvalue weighted by atomic mass is 9.80. The van der Waals surface area contributed by atoms with Crippen molar-refractivity contribution in [3.63, 3.8) is 0 Å². The van der Waals surface area contributed by atoms with Gasteiger partial charge in [0.1, 0.15) is 0 Å². The molecule has 1 aromatic carbocycles. The van der Waals surface area contributed by atoms with Crippen molar-refractivity contribution in [2.45, 2.75) is 38.8 Å². The molecule has 1 aliphatic rings. The quantitative estimate of drug-likeness (QED) is 0.818. The first-order valence-corrected chi connectivity index (χ1v) is 6.55. The molecule has 1 heterocycles. The highest BCUT2D eigenvalue weighted by molar-refractivity contribution is 5.66. The molecule has 0 radical (unpaired) electrons. The molecule has 0 bridgehead atoms. The number of carbonyl (C=O) groups is 1. The molecule has 4 heteroatoms. The standard InChI is InChI=1S/C15H21NO3/c1-15(2,3)13-12(17)11(9-16(13)14(18)19)10-7-5-4-6-8-10/h4-8,11-13,17H,9H2,1-3H3,(H,18,19)/t11-,12-,13?/m1/s1. The van der Waals surface area contributed by atoms with E-state index in [1.807, 2.05) is 51.1 Å². The summed E-state index contributed by atoms with van der Waals surface area (Å²) in [6.07, 6.45) is -1.63. The van der Waals surface area contributed by atoms with Crippen molar-refractivity contribution in [2.75, 3.05) is 6.54 Å². The SMILES string of the molecule is CC(C)(C)C1[C@H](O)[C@@H](c2ccccc2)CN1C(=O)O. The summed E-state index contributed by atoms with van der Waals surface area (Å²) in [4.78, 5) is 12.8. The summed E-state index contributed by atoms with van der Waals surface area (Å²) >= 11 is 0. The van der Waals surface area contributed by atoms with Crippen LogP contribution in [0.3, 0.4) is 0 Å². The Labute approximate surface area is 113 Å². The smallest absolute Gasteiger partial charge is 0.407 e. The number of amides is 1. The van der Waals surface area contributed by atoms with Gasteiger partial charge in [-0.3, -0.25) is 0 Å². The monoisotopic (exact) mass is 263 g/mol. The Bertz CT molecular complexity index is 452. The van der Waals surface area contributed by atoms with Gasteiger partial charge in [0, 0.05) is 12.5 Å². The Morgan fingerprint density at radius 1 is 1.26 bits per heavy atom. The first kappa shape index (κ1) is 13.9. The number of aliphatic hydroxyl groups is 1. The molecule has 1 saturated heterocycles. The van der Waals surface area contributed by atoms with E-state index in [2.05, 4.69) is 0 Å². The van der Waals surface area contributed by atoms with Gasteiger partial charge in [0.25, 0.3) is 0 Å². The minimum absolute atomic E-state index is 0.151. The van der Waals surface area contributed by atoms with Crippen molar-refractivity contribution in [1.82, 2.24) is 4.90 Å². The van der Waals surface area contributed by atoms with Crippen LogP contribution in [0.1, 0.15) is 32.3 Å². The van der Waals surface area contributed by atoms with Crippen molar-refractivity contribution in [1.29, 1.82) is 0 Å². The van der Waals surface area contributed by atoms with Crippen molar-refractivity contribution in [2.24, 2.45) is 5.41 Å². The summed E-state index contributed by atoms with van der Waals surface area (Å²) in [5, 5.41) is 19.9. The average molecular weight is 263 g/mol. The van der Waals surface area contributed by atoms with Crippen LogP contribution in [0.4, 0.5) is 4.79 Å². The zero-order valence-corrected chi connectivity index (χ0v) is 11.6. The number of nitrogens with zero attached hydrogens (tertiary/aromatic N) is 1. The fraction of sp³-hybridized carbons (Fsp3) is 0.533. The third-order valence-electron chi connectivity index (χ3n) is 3.83. The van der Waals surface area contributed by atoms with Gasteiger partial charge >= 0.3 is 6.09 Å². The van der Waals surface area contributed by atoms with Gasteiger partial charge in [0.15, 0.2) is 0 Å². The van der Waals surface area contributed by atoms with Crippen molar-refractivity contribution < 1.29 is 15.0 Å². The number of carboxylic acid groups (broad SMARTS) is 1. The molecular formula is C15H21NO3. The number of benzene rings is 1. The molecule has 0 saturated carbocycles. The van der Waals surface area contributed by atoms with Gasteiger partial charge < -0.3 is 15.1 Å². The second-order valence-electron chi connectivity index (χ2n) is 6.25. The second kappa shape index (κ2) is 4.85. The lowest BCUT2D eigenvalue weighted by molar-refractivity contribution is 0.0424. The Hall–Kier alpha value is -1.55. The van der Waals surface area contributed by atoms with Crippen LogP contribution in [0.2, 0.25) is 0 Å². The van der Waals surface area contributed by atoms with Gasteiger partial charge in [0.2, 0.25) is 0 Å². The van der Waals surface area contributed by atoms with E-state index in [4.69, 9.17) is 0 Å². The molecule has 0 spiro atoms.